The molecule has 1 aromatic carbocycles. The van der Waals surface area contributed by atoms with E-state index >= 15 is 0 Å². The summed E-state index contributed by atoms with van der Waals surface area (Å²) in [5.41, 5.74) is 0.652. The van der Waals surface area contributed by atoms with Crippen molar-refractivity contribution in [2.45, 2.75) is 24.9 Å². The Kier molecular flexibility index (Phi) is 3.41. The molecule has 2 amide bonds. The van der Waals surface area contributed by atoms with E-state index in [1.165, 1.54) is 6.26 Å². The summed E-state index contributed by atoms with van der Waals surface area (Å²) in [7, 11) is 0. The number of likely N-dealkylation sites (tertiary alicyclic amines) is 1. The molecule has 4 rings (SSSR count). The SMILES string of the molecule is O=C(N[C@H]1C[C@@H]2C[C@H]1N(C(=O)c1ccco1)C2)c1ccccc1. The number of fused-ring (bicyclic) bond motifs is 2. The summed E-state index contributed by atoms with van der Waals surface area (Å²) in [5, 5.41) is 3.09. The molecule has 23 heavy (non-hydrogen) atoms. The van der Waals surface area contributed by atoms with Crippen LogP contribution >= 0.6 is 0 Å². The number of benzene rings is 1. The molecule has 2 aromatic rings. The van der Waals surface area contributed by atoms with E-state index < -0.39 is 0 Å². The summed E-state index contributed by atoms with van der Waals surface area (Å²) >= 11 is 0. The third kappa shape index (κ3) is 2.52. The van der Waals surface area contributed by atoms with Crippen molar-refractivity contribution in [3.63, 3.8) is 0 Å². The summed E-state index contributed by atoms with van der Waals surface area (Å²) in [6, 6.07) is 12.7. The Labute approximate surface area is 134 Å². The van der Waals surface area contributed by atoms with Crippen LogP contribution in [0.3, 0.4) is 0 Å². The smallest absolute Gasteiger partial charge is 0.289 e. The van der Waals surface area contributed by atoms with Gasteiger partial charge in [0.1, 0.15) is 0 Å². The molecular formula is C18H18N2O3. The molecule has 5 nitrogen and oxygen atoms in total. The first kappa shape index (κ1) is 14.1. The normalized spacial score (nSPS) is 25.6. The van der Waals surface area contributed by atoms with Crippen molar-refractivity contribution in [3.05, 3.63) is 60.1 Å². The molecule has 2 fully saturated rings. The zero-order valence-electron chi connectivity index (χ0n) is 12.6. The summed E-state index contributed by atoms with van der Waals surface area (Å²) in [4.78, 5) is 26.7. The molecule has 0 spiro atoms. The summed E-state index contributed by atoms with van der Waals surface area (Å²) in [5.74, 6) is 0.667. The van der Waals surface area contributed by atoms with Crippen molar-refractivity contribution in [3.8, 4) is 0 Å². The number of piperidine rings is 1. The van der Waals surface area contributed by atoms with Crippen LogP contribution < -0.4 is 5.32 Å². The fraction of sp³-hybridized carbons (Fsp3) is 0.333. The Morgan fingerprint density at radius 3 is 2.61 bits per heavy atom. The third-order valence-electron chi connectivity index (χ3n) is 4.83. The van der Waals surface area contributed by atoms with Crippen molar-refractivity contribution in [1.82, 2.24) is 10.2 Å². The molecule has 0 unspecified atom stereocenters. The monoisotopic (exact) mass is 310 g/mol. The number of hydrogen-bond acceptors (Lipinski definition) is 3. The second kappa shape index (κ2) is 5.57. The van der Waals surface area contributed by atoms with E-state index in [1.54, 1.807) is 24.3 Å². The van der Waals surface area contributed by atoms with Gasteiger partial charge in [0.05, 0.1) is 12.3 Å². The van der Waals surface area contributed by atoms with E-state index in [4.69, 9.17) is 4.42 Å². The highest BCUT2D eigenvalue weighted by atomic mass is 16.3. The lowest BCUT2D eigenvalue weighted by atomic mass is 10.0. The number of hydrogen-bond donors (Lipinski definition) is 1. The van der Waals surface area contributed by atoms with Crippen LogP contribution in [0.2, 0.25) is 0 Å². The molecule has 1 N–H and O–H groups in total. The number of nitrogens with zero attached hydrogens (tertiary/aromatic N) is 1. The van der Waals surface area contributed by atoms with Gasteiger partial charge in [0.2, 0.25) is 0 Å². The van der Waals surface area contributed by atoms with Gasteiger partial charge in [0.15, 0.2) is 5.76 Å². The van der Waals surface area contributed by atoms with Gasteiger partial charge in [-0.1, -0.05) is 18.2 Å². The molecular weight excluding hydrogens is 292 g/mol. The largest absolute Gasteiger partial charge is 0.459 e. The van der Waals surface area contributed by atoms with Crippen LogP contribution in [0.15, 0.2) is 53.1 Å². The minimum absolute atomic E-state index is 0.0142. The molecule has 0 radical (unpaired) electrons. The Morgan fingerprint density at radius 2 is 1.91 bits per heavy atom. The van der Waals surface area contributed by atoms with Crippen LogP contribution in [0.5, 0.6) is 0 Å². The highest BCUT2D eigenvalue weighted by Gasteiger charge is 2.47. The first-order chi connectivity index (χ1) is 11.2. The van der Waals surface area contributed by atoms with Gasteiger partial charge in [0.25, 0.3) is 11.8 Å². The second-order valence-corrected chi connectivity index (χ2v) is 6.29. The lowest BCUT2D eigenvalue weighted by Crippen LogP contribution is -2.51. The zero-order valence-corrected chi connectivity index (χ0v) is 12.6. The molecule has 1 aromatic heterocycles. The number of rotatable bonds is 3. The summed E-state index contributed by atoms with van der Waals surface area (Å²) in [6.45, 7) is 0.752. The van der Waals surface area contributed by atoms with E-state index in [2.05, 4.69) is 5.32 Å². The maximum absolute atomic E-state index is 12.5. The van der Waals surface area contributed by atoms with Crippen molar-refractivity contribution < 1.29 is 14.0 Å². The topological polar surface area (TPSA) is 62.6 Å². The minimum Gasteiger partial charge on any atom is -0.459 e. The van der Waals surface area contributed by atoms with Gasteiger partial charge in [-0.2, -0.15) is 0 Å². The third-order valence-corrected chi connectivity index (χ3v) is 4.83. The maximum atomic E-state index is 12.5. The Morgan fingerprint density at radius 1 is 1.09 bits per heavy atom. The molecule has 1 saturated heterocycles. The van der Waals surface area contributed by atoms with Crippen LogP contribution in [0.1, 0.15) is 33.8 Å². The fourth-order valence-corrected chi connectivity index (χ4v) is 3.80. The maximum Gasteiger partial charge on any atom is 0.289 e. The highest BCUT2D eigenvalue weighted by Crippen LogP contribution is 2.38. The van der Waals surface area contributed by atoms with E-state index in [0.717, 1.165) is 19.4 Å². The number of carbonyl (C=O) groups is 2. The Hall–Kier alpha value is -2.56. The fourth-order valence-electron chi connectivity index (χ4n) is 3.80. The first-order valence-corrected chi connectivity index (χ1v) is 7.93. The molecule has 2 heterocycles. The Bertz CT molecular complexity index is 711. The van der Waals surface area contributed by atoms with Gasteiger partial charge in [-0.05, 0) is 43.0 Å². The minimum atomic E-state index is -0.0823. The van der Waals surface area contributed by atoms with Crippen LogP contribution in [-0.2, 0) is 0 Å². The average molecular weight is 310 g/mol. The molecule has 2 bridgehead atoms. The van der Waals surface area contributed by atoms with Gasteiger partial charge in [-0.15, -0.1) is 0 Å². The number of amides is 2. The lowest BCUT2D eigenvalue weighted by molar-refractivity contribution is 0.0619. The molecule has 5 heteroatoms. The molecule has 3 atom stereocenters. The van der Waals surface area contributed by atoms with Crippen LogP contribution in [0.25, 0.3) is 0 Å². The van der Waals surface area contributed by atoms with Crippen LogP contribution in [-0.4, -0.2) is 35.3 Å². The lowest BCUT2D eigenvalue weighted by Gasteiger charge is -2.33. The quantitative estimate of drug-likeness (QED) is 0.946. The number of furan rings is 1. The molecule has 2 aliphatic rings. The zero-order chi connectivity index (χ0) is 15.8. The van der Waals surface area contributed by atoms with Crippen LogP contribution in [0.4, 0.5) is 0 Å². The highest BCUT2D eigenvalue weighted by molar-refractivity contribution is 5.95. The van der Waals surface area contributed by atoms with Crippen molar-refractivity contribution in [1.29, 1.82) is 0 Å². The molecule has 1 aliphatic heterocycles. The van der Waals surface area contributed by atoms with E-state index in [-0.39, 0.29) is 23.9 Å². The molecule has 1 aliphatic carbocycles. The van der Waals surface area contributed by atoms with E-state index in [1.807, 2.05) is 23.1 Å². The van der Waals surface area contributed by atoms with Gasteiger partial charge < -0.3 is 14.6 Å². The Balaban J connectivity index is 1.47. The van der Waals surface area contributed by atoms with Crippen molar-refractivity contribution >= 4 is 11.8 Å². The first-order valence-electron chi connectivity index (χ1n) is 7.93. The van der Waals surface area contributed by atoms with Crippen LogP contribution in [0, 0.1) is 5.92 Å². The van der Waals surface area contributed by atoms with Gasteiger partial charge >= 0.3 is 0 Å². The van der Waals surface area contributed by atoms with E-state index in [0.29, 0.717) is 17.2 Å². The van der Waals surface area contributed by atoms with Gasteiger partial charge in [-0.3, -0.25) is 9.59 Å². The van der Waals surface area contributed by atoms with E-state index in [9.17, 15) is 9.59 Å². The summed E-state index contributed by atoms with van der Waals surface area (Å²) < 4.78 is 5.22. The van der Waals surface area contributed by atoms with Gasteiger partial charge in [0, 0.05) is 18.2 Å². The molecule has 118 valence electrons. The predicted octanol–water partition coefficient (Wildman–Crippen LogP) is 2.31. The molecule has 1 saturated carbocycles. The number of nitrogens with one attached hydrogen (secondary N) is 1. The number of carbonyl (C=O) groups excluding carboxylic acids is 2. The second-order valence-electron chi connectivity index (χ2n) is 6.29. The summed E-state index contributed by atoms with van der Waals surface area (Å²) in [6.07, 6.45) is 3.40. The predicted molar refractivity (Wildman–Crippen MR) is 84.0 cm³/mol. The van der Waals surface area contributed by atoms with Crippen molar-refractivity contribution in [2.75, 3.05) is 6.54 Å². The van der Waals surface area contributed by atoms with Crippen molar-refractivity contribution in [2.24, 2.45) is 5.92 Å². The standard InChI is InChI=1S/C18H18N2O3/c21-17(13-5-2-1-3-6-13)19-14-9-12-10-15(14)20(11-12)18(22)16-7-4-8-23-16/h1-8,12,14-15H,9-11H2,(H,19,21)/t12-,14+,15-/m1/s1. The van der Waals surface area contributed by atoms with Gasteiger partial charge in [-0.25, -0.2) is 0 Å². The average Bonchev–Trinajstić information content (AvgIpc) is 3.31.